The Balaban J connectivity index is 1.92. The van der Waals surface area contributed by atoms with Crippen LogP contribution in [0, 0.1) is 6.92 Å². The van der Waals surface area contributed by atoms with Gasteiger partial charge in [0.25, 0.3) is 0 Å². The summed E-state index contributed by atoms with van der Waals surface area (Å²) in [5.74, 6) is 2.02. The molecule has 0 amide bonds. The van der Waals surface area contributed by atoms with E-state index in [0.29, 0.717) is 43.7 Å². The van der Waals surface area contributed by atoms with Crippen LogP contribution >= 0.6 is 0 Å². The topological polar surface area (TPSA) is 101 Å². The molecule has 1 fully saturated rings. The van der Waals surface area contributed by atoms with Crippen molar-refractivity contribution < 1.29 is 12.9 Å². The quantitative estimate of drug-likeness (QED) is 0.615. The highest BCUT2D eigenvalue weighted by molar-refractivity contribution is 7.92. The van der Waals surface area contributed by atoms with Crippen LogP contribution in [0.2, 0.25) is 0 Å². The Morgan fingerprint density at radius 1 is 1.50 bits per heavy atom. The highest BCUT2D eigenvalue weighted by Gasteiger charge is 2.40. The molecular weight excluding hydrogens is 306 g/mol. The van der Waals surface area contributed by atoms with E-state index in [9.17, 15) is 8.42 Å². The number of hydrogen-bond acceptors (Lipinski definition) is 6. The minimum absolute atomic E-state index is 0.142. The van der Waals surface area contributed by atoms with Gasteiger partial charge in [-0.3, -0.25) is 4.99 Å². The Kier molecular flexibility index (Phi) is 4.74. The van der Waals surface area contributed by atoms with Crippen molar-refractivity contribution in [2.45, 2.75) is 31.9 Å². The van der Waals surface area contributed by atoms with Crippen molar-refractivity contribution in [2.24, 2.45) is 4.99 Å². The van der Waals surface area contributed by atoms with Gasteiger partial charge in [-0.2, -0.15) is 4.98 Å². The van der Waals surface area contributed by atoms with Gasteiger partial charge >= 0.3 is 0 Å². The minimum atomic E-state index is -3.05. The molecule has 1 aromatic heterocycles. The summed E-state index contributed by atoms with van der Waals surface area (Å²) in [6.45, 7) is 6.75. The maximum atomic E-state index is 12.0. The molecule has 1 N–H and O–H groups in total. The molecule has 0 spiro atoms. The van der Waals surface area contributed by atoms with Gasteiger partial charge in [-0.05, 0) is 20.8 Å². The summed E-state index contributed by atoms with van der Waals surface area (Å²) in [6, 6.07) is 0. The summed E-state index contributed by atoms with van der Waals surface area (Å²) in [7, 11) is -1.36. The van der Waals surface area contributed by atoms with Crippen LogP contribution in [0.3, 0.4) is 0 Å². The van der Waals surface area contributed by atoms with Crippen LogP contribution in [0.1, 0.15) is 25.6 Å². The van der Waals surface area contributed by atoms with E-state index in [4.69, 9.17) is 4.52 Å². The van der Waals surface area contributed by atoms with Crippen LogP contribution in [-0.4, -0.2) is 66.6 Å². The third kappa shape index (κ3) is 3.57. The lowest BCUT2D eigenvalue weighted by Crippen LogP contribution is -2.57. The summed E-state index contributed by atoms with van der Waals surface area (Å²) in [5, 5.41) is 6.95. The number of hydrogen-bond donors (Lipinski definition) is 1. The van der Waals surface area contributed by atoms with Crippen molar-refractivity contribution in [3.8, 4) is 0 Å². The van der Waals surface area contributed by atoms with E-state index in [1.807, 2.05) is 4.90 Å². The first kappa shape index (κ1) is 16.7. The second kappa shape index (κ2) is 6.23. The van der Waals surface area contributed by atoms with Gasteiger partial charge < -0.3 is 14.7 Å². The summed E-state index contributed by atoms with van der Waals surface area (Å²) in [5.41, 5.74) is 0. The lowest BCUT2D eigenvalue weighted by atomic mass is 10.2. The summed E-state index contributed by atoms with van der Waals surface area (Å²) >= 11 is 0. The van der Waals surface area contributed by atoms with Gasteiger partial charge in [0.1, 0.15) is 0 Å². The molecule has 0 aromatic carbocycles. The smallest absolute Gasteiger partial charge is 0.228 e. The molecule has 2 heterocycles. The van der Waals surface area contributed by atoms with E-state index in [1.165, 1.54) is 0 Å². The number of aliphatic imine (C=N–C) groups is 1. The molecule has 1 aliphatic rings. The Bertz CT molecular complexity index is 650. The second-order valence-corrected chi connectivity index (χ2v) is 8.70. The number of nitrogens with zero attached hydrogens (tertiary/aromatic N) is 4. The maximum Gasteiger partial charge on any atom is 0.228 e. The highest BCUT2D eigenvalue weighted by Crippen LogP contribution is 2.23. The molecule has 0 unspecified atom stereocenters. The maximum absolute atomic E-state index is 12.0. The number of rotatable bonds is 3. The van der Waals surface area contributed by atoms with Crippen molar-refractivity contribution in [2.75, 3.05) is 32.4 Å². The van der Waals surface area contributed by atoms with Crippen molar-refractivity contribution >= 4 is 15.8 Å². The van der Waals surface area contributed by atoms with E-state index < -0.39 is 14.6 Å². The largest absolute Gasteiger partial charge is 0.356 e. The Morgan fingerprint density at radius 3 is 2.77 bits per heavy atom. The average molecular weight is 329 g/mol. The van der Waals surface area contributed by atoms with E-state index >= 15 is 0 Å². The average Bonchev–Trinajstić information content (AvgIpc) is 2.84. The fourth-order valence-electron chi connectivity index (χ4n) is 2.38. The zero-order chi connectivity index (χ0) is 16.4. The molecule has 1 saturated heterocycles. The molecule has 0 saturated carbocycles. The third-order valence-corrected chi connectivity index (χ3v) is 6.28. The van der Waals surface area contributed by atoms with Crippen LogP contribution in [0.15, 0.2) is 9.52 Å². The second-order valence-electron chi connectivity index (χ2n) is 5.96. The van der Waals surface area contributed by atoms with Gasteiger partial charge in [0.2, 0.25) is 5.89 Å². The predicted octanol–water partition coefficient (Wildman–Crippen LogP) is 0.00492. The molecule has 8 nitrogen and oxygen atoms in total. The molecule has 22 heavy (non-hydrogen) atoms. The SMILES string of the molecule is CN=C(NCCc1nc(C)no1)N1CCS(=O)(=O)C(C)(C)C1. The molecule has 0 atom stereocenters. The first-order chi connectivity index (χ1) is 10.2. The zero-order valence-electron chi connectivity index (χ0n) is 13.5. The van der Waals surface area contributed by atoms with Crippen LogP contribution < -0.4 is 5.32 Å². The van der Waals surface area contributed by atoms with Gasteiger partial charge in [0.15, 0.2) is 21.6 Å². The van der Waals surface area contributed by atoms with E-state index in [-0.39, 0.29) is 5.75 Å². The summed E-state index contributed by atoms with van der Waals surface area (Å²) < 4.78 is 28.4. The summed E-state index contributed by atoms with van der Waals surface area (Å²) in [4.78, 5) is 10.3. The predicted molar refractivity (Wildman–Crippen MR) is 83.5 cm³/mol. The minimum Gasteiger partial charge on any atom is -0.356 e. The van der Waals surface area contributed by atoms with Crippen molar-refractivity contribution in [1.82, 2.24) is 20.4 Å². The summed E-state index contributed by atoms with van der Waals surface area (Å²) in [6.07, 6.45) is 0.593. The van der Waals surface area contributed by atoms with Gasteiger partial charge in [-0.1, -0.05) is 5.16 Å². The van der Waals surface area contributed by atoms with E-state index in [1.54, 1.807) is 27.8 Å². The first-order valence-corrected chi connectivity index (χ1v) is 8.87. The van der Waals surface area contributed by atoms with Gasteiger partial charge in [-0.15, -0.1) is 0 Å². The third-order valence-electron chi connectivity index (χ3n) is 3.75. The molecule has 0 radical (unpaired) electrons. The number of aromatic nitrogens is 2. The number of guanidine groups is 1. The molecule has 9 heteroatoms. The monoisotopic (exact) mass is 329 g/mol. The van der Waals surface area contributed by atoms with Crippen LogP contribution in [-0.2, 0) is 16.3 Å². The number of nitrogens with one attached hydrogen (secondary N) is 1. The molecule has 1 aliphatic heterocycles. The zero-order valence-corrected chi connectivity index (χ0v) is 14.3. The number of aryl methyl sites for hydroxylation is 1. The fourth-order valence-corrected chi connectivity index (χ4v) is 3.75. The molecule has 0 aliphatic carbocycles. The molecule has 1 aromatic rings. The van der Waals surface area contributed by atoms with Gasteiger partial charge in [0.05, 0.1) is 10.5 Å². The first-order valence-electron chi connectivity index (χ1n) is 7.22. The lowest BCUT2D eigenvalue weighted by molar-refractivity contribution is 0.350. The normalized spacial score (nSPS) is 20.9. The van der Waals surface area contributed by atoms with Gasteiger partial charge in [-0.25, -0.2) is 8.42 Å². The van der Waals surface area contributed by atoms with E-state index in [2.05, 4.69) is 20.4 Å². The molecule has 124 valence electrons. The Morgan fingerprint density at radius 2 is 2.23 bits per heavy atom. The standard InChI is InChI=1S/C13H23N5O3S/c1-10-16-11(21-17-10)5-6-15-12(14-4)18-7-8-22(19,20)13(2,3)9-18/h5-9H2,1-4H3,(H,14,15). The Labute approximate surface area is 130 Å². The van der Waals surface area contributed by atoms with Crippen molar-refractivity contribution in [1.29, 1.82) is 0 Å². The molecular formula is C13H23N5O3S. The fraction of sp³-hybridized carbons (Fsp3) is 0.769. The van der Waals surface area contributed by atoms with E-state index in [0.717, 1.165) is 0 Å². The van der Waals surface area contributed by atoms with Crippen molar-refractivity contribution in [3.63, 3.8) is 0 Å². The van der Waals surface area contributed by atoms with Crippen LogP contribution in [0.4, 0.5) is 0 Å². The van der Waals surface area contributed by atoms with Gasteiger partial charge in [0, 0.05) is 33.1 Å². The number of sulfone groups is 1. The van der Waals surface area contributed by atoms with Crippen LogP contribution in [0.25, 0.3) is 0 Å². The lowest BCUT2D eigenvalue weighted by Gasteiger charge is -2.39. The van der Waals surface area contributed by atoms with Crippen molar-refractivity contribution in [3.05, 3.63) is 11.7 Å². The highest BCUT2D eigenvalue weighted by atomic mass is 32.2. The Hall–Kier alpha value is -1.64. The molecule has 2 rings (SSSR count). The van der Waals surface area contributed by atoms with Crippen LogP contribution in [0.5, 0.6) is 0 Å². The molecule has 0 bridgehead atoms.